The summed E-state index contributed by atoms with van der Waals surface area (Å²) in [4.78, 5) is 13.5. The number of allylic oxidation sites excluding steroid dienone is 6. The van der Waals surface area contributed by atoms with Crippen molar-refractivity contribution in [2.75, 3.05) is 0 Å². The summed E-state index contributed by atoms with van der Waals surface area (Å²) >= 11 is 0. The van der Waals surface area contributed by atoms with Crippen LogP contribution in [0.25, 0.3) is 0 Å². The minimum absolute atomic E-state index is 0.144. The summed E-state index contributed by atoms with van der Waals surface area (Å²) in [6.07, 6.45) is 13.0. The molecule has 2 aliphatic rings. The van der Waals surface area contributed by atoms with Crippen molar-refractivity contribution in [2.45, 2.75) is 73.6 Å². The predicted octanol–water partition coefficient (Wildman–Crippen LogP) is 7.66. The molecule has 0 aromatic heterocycles. The van der Waals surface area contributed by atoms with Crippen molar-refractivity contribution in [1.82, 2.24) is 0 Å². The third-order valence-electron chi connectivity index (χ3n) is 6.52. The first-order valence-corrected chi connectivity index (χ1v) is 11.2. The molecule has 1 spiro atoms. The zero-order valence-electron chi connectivity index (χ0n) is 19.4. The van der Waals surface area contributed by atoms with E-state index in [9.17, 15) is 4.79 Å². The van der Waals surface area contributed by atoms with Gasteiger partial charge in [-0.25, -0.2) is 0 Å². The van der Waals surface area contributed by atoms with E-state index in [0.717, 1.165) is 17.6 Å². The van der Waals surface area contributed by atoms with Gasteiger partial charge in [0, 0.05) is 22.5 Å². The number of rotatable bonds is 3. The molecule has 0 radical (unpaired) electrons. The van der Waals surface area contributed by atoms with Crippen molar-refractivity contribution in [3.8, 4) is 0 Å². The molecule has 1 aromatic carbocycles. The van der Waals surface area contributed by atoms with Gasteiger partial charge in [-0.05, 0) is 35.2 Å². The largest absolute Gasteiger partial charge is 0.289 e. The van der Waals surface area contributed by atoms with E-state index in [2.05, 4.69) is 103 Å². The number of ketones is 1. The predicted molar refractivity (Wildman–Crippen MR) is 124 cm³/mol. The maximum Gasteiger partial charge on any atom is 0.185 e. The van der Waals surface area contributed by atoms with E-state index in [1.54, 1.807) is 0 Å². The number of hydrogen-bond acceptors (Lipinski definition) is 1. The highest BCUT2D eigenvalue weighted by molar-refractivity contribution is 6.11. The Kier molecular flexibility index (Phi) is 5.82. The van der Waals surface area contributed by atoms with Gasteiger partial charge in [0.1, 0.15) is 0 Å². The number of carbonyl (C=O) groups is 1. The molecule has 156 valence electrons. The Balaban J connectivity index is 2.26. The van der Waals surface area contributed by atoms with Crippen molar-refractivity contribution in [1.29, 1.82) is 0 Å². The minimum atomic E-state index is -0.169. The highest BCUT2D eigenvalue weighted by atomic mass is 16.1. The monoisotopic (exact) mass is 390 g/mol. The van der Waals surface area contributed by atoms with E-state index in [1.807, 2.05) is 0 Å². The lowest BCUT2D eigenvalue weighted by molar-refractivity contribution is -0.114. The van der Waals surface area contributed by atoms with Gasteiger partial charge >= 0.3 is 0 Å². The van der Waals surface area contributed by atoms with E-state index in [4.69, 9.17) is 0 Å². The van der Waals surface area contributed by atoms with Gasteiger partial charge in [0.25, 0.3) is 0 Å². The molecule has 0 aliphatic heterocycles. The van der Waals surface area contributed by atoms with Crippen LogP contribution in [-0.2, 0) is 4.79 Å². The lowest BCUT2D eigenvalue weighted by Gasteiger charge is -2.46. The molecule has 29 heavy (non-hydrogen) atoms. The molecule has 2 unspecified atom stereocenters. The Morgan fingerprint density at radius 1 is 0.897 bits per heavy atom. The van der Waals surface area contributed by atoms with Crippen molar-refractivity contribution in [3.63, 3.8) is 0 Å². The molecular formula is C28H38O. The second kappa shape index (κ2) is 7.74. The summed E-state index contributed by atoms with van der Waals surface area (Å²) in [5, 5.41) is 0. The fraction of sp³-hybridized carbons (Fsp3) is 0.536. The van der Waals surface area contributed by atoms with Crippen LogP contribution in [0, 0.1) is 22.2 Å². The van der Waals surface area contributed by atoms with Crippen LogP contribution < -0.4 is 0 Å². The van der Waals surface area contributed by atoms with Crippen LogP contribution in [0.2, 0.25) is 0 Å². The van der Waals surface area contributed by atoms with Crippen molar-refractivity contribution < 1.29 is 4.79 Å². The van der Waals surface area contributed by atoms with Crippen LogP contribution in [0.1, 0.15) is 79.2 Å². The summed E-state index contributed by atoms with van der Waals surface area (Å²) in [6, 6.07) is 10.8. The molecular weight excluding hydrogens is 352 g/mol. The summed E-state index contributed by atoms with van der Waals surface area (Å²) in [6.45, 7) is 15.3. The lowest BCUT2D eigenvalue weighted by atomic mass is 9.57. The maximum atomic E-state index is 13.5. The van der Waals surface area contributed by atoms with Crippen LogP contribution in [0.5, 0.6) is 0 Å². The molecule has 2 aliphatic carbocycles. The van der Waals surface area contributed by atoms with Gasteiger partial charge < -0.3 is 0 Å². The molecule has 0 amide bonds. The first kappa shape index (κ1) is 21.8. The average molecular weight is 391 g/mol. The Bertz CT molecular complexity index is 803. The molecule has 1 aromatic rings. The molecule has 0 bridgehead atoms. The Hall–Kier alpha value is -1.89. The quantitative estimate of drug-likeness (QED) is 0.484. The van der Waals surface area contributed by atoms with Gasteiger partial charge in [0.2, 0.25) is 0 Å². The van der Waals surface area contributed by atoms with E-state index in [-0.39, 0.29) is 27.9 Å². The van der Waals surface area contributed by atoms with Crippen molar-refractivity contribution in [3.05, 3.63) is 71.3 Å². The third kappa shape index (κ3) is 4.34. The standard InChI is InChI=1S/C28H38O/c1-8-12-20-15-16-22(21-13-10-9-11-14-21)28(17-20)18-23(26(2,3)4)25(29)24(19-28)27(5,6)7/h9-11,13-16,18-20,22H,8,12,17H2,1-7H3. The van der Waals surface area contributed by atoms with Crippen LogP contribution in [0.4, 0.5) is 0 Å². The van der Waals surface area contributed by atoms with Gasteiger partial charge in [-0.15, -0.1) is 0 Å². The normalized spacial score (nSPS) is 24.4. The molecule has 2 atom stereocenters. The molecule has 3 rings (SSSR count). The third-order valence-corrected chi connectivity index (χ3v) is 6.52. The number of carbonyl (C=O) groups excluding carboxylic acids is 1. The molecule has 1 heteroatoms. The second-order valence-corrected chi connectivity index (χ2v) is 11.1. The topological polar surface area (TPSA) is 17.1 Å². The van der Waals surface area contributed by atoms with E-state index in [1.165, 1.54) is 18.4 Å². The smallest absolute Gasteiger partial charge is 0.185 e. The number of benzene rings is 1. The number of hydrogen-bond donors (Lipinski definition) is 0. The first-order valence-electron chi connectivity index (χ1n) is 11.2. The highest BCUT2D eigenvalue weighted by Gasteiger charge is 2.46. The second-order valence-electron chi connectivity index (χ2n) is 11.1. The van der Waals surface area contributed by atoms with Gasteiger partial charge in [-0.1, -0.05) is 110 Å². The Labute approximate surface area is 178 Å². The Morgan fingerprint density at radius 2 is 1.45 bits per heavy atom. The van der Waals surface area contributed by atoms with Gasteiger partial charge in [-0.3, -0.25) is 4.79 Å². The van der Waals surface area contributed by atoms with E-state index < -0.39 is 0 Å². The SMILES string of the molecule is CCCC1C=CC(c2ccccc2)C2(C=C(C(C)(C)C)C(=O)C(C(C)(C)C)=C2)C1. The van der Waals surface area contributed by atoms with Crippen LogP contribution in [-0.4, -0.2) is 5.78 Å². The minimum Gasteiger partial charge on any atom is -0.289 e. The maximum absolute atomic E-state index is 13.5. The summed E-state index contributed by atoms with van der Waals surface area (Å²) in [7, 11) is 0. The zero-order valence-corrected chi connectivity index (χ0v) is 19.4. The fourth-order valence-electron chi connectivity index (χ4n) is 5.01. The summed E-state index contributed by atoms with van der Waals surface area (Å²) in [5.41, 5.74) is 2.82. The summed E-state index contributed by atoms with van der Waals surface area (Å²) in [5.74, 6) is 1.06. The molecule has 0 saturated carbocycles. The lowest BCUT2D eigenvalue weighted by Crippen LogP contribution is -2.38. The molecule has 0 heterocycles. The molecule has 0 N–H and O–H groups in total. The van der Waals surface area contributed by atoms with Gasteiger partial charge in [0.05, 0.1) is 0 Å². The molecule has 0 saturated heterocycles. The van der Waals surface area contributed by atoms with Crippen molar-refractivity contribution in [2.24, 2.45) is 22.2 Å². The first-order chi connectivity index (χ1) is 13.5. The molecule has 0 fully saturated rings. The van der Waals surface area contributed by atoms with Crippen LogP contribution >= 0.6 is 0 Å². The van der Waals surface area contributed by atoms with Gasteiger partial charge in [0.15, 0.2) is 5.78 Å². The van der Waals surface area contributed by atoms with E-state index in [0.29, 0.717) is 5.92 Å². The average Bonchev–Trinajstić information content (AvgIpc) is 2.63. The van der Waals surface area contributed by atoms with Crippen LogP contribution in [0.15, 0.2) is 65.8 Å². The highest BCUT2D eigenvalue weighted by Crippen LogP contribution is 2.54. The van der Waals surface area contributed by atoms with Gasteiger partial charge in [-0.2, -0.15) is 0 Å². The Morgan fingerprint density at radius 3 is 1.93 bits per heavy atom. The van der Waals surface area contributed by atoms with E-state index >= 15 is 0 Å². The number of Topliss-reactive ketones (excluding diaryl/α,β-unsaturated/α-hetero) is 1. The van der Waals surface area contributed by atoms with Crippen LogP contribution in [0.3, 0.4) is 0 Å². The molecule has 1 nitrogen and oxygen atoms in total. The zero-order chi connectivity index (χ0) is 21.4. The summed E-state index contributed by atoms with van der Waals surface area (Å²) < 4.78 is 0. The fourth-order valence-corrected chi connectivity index (χ4v) is 5.01. The van der Waals surface area contributed by atoms with Crippen molar-refractivity contribution >= 4 is 5.78 Å².